The Balaban J connectivity index is 2.76. The van der Waals surface area contributed by atoms with E-state index in [1.807, 2.05) is 31.2 Å². The largest absolute Gasteiger partial charge is 0.497 e. The molecule has 0 fully saturated rings. The van der Waals surface area contributed by atoms with Crippen LogP contribution in [0.1, 0.15) is 58.4 Å². The molecule has 140 valence electrons. The van der Waals surface area contributed by atoms with Gasteiger partial charge in [-0.05, 0) is 37.5 Å². The number of nitrogens with one attached hydrogen (secondary N) is 1. The summed E-state index contributed by atoms with van der Waals surface area (Å²) in [7, 11) is 1.62. The maximum atomic E-state index is 12.5. The Morgan fingerprint density at radius 2 is 1.80 bits per heavy atom. The van der Waals surface area contributed by atoms with E-state index in [9.17, 15) is 9.59 Å². The maximum absolute atomic E-state index is 12.5. The minimum absolute atomic E-state index is 0.00882. The Labute approximate surface area is 151 Å². The van der Waals surface area contributed by atoms with Crippen LogP contribution in [-0.4, -0.2) is 36.4 Å². The predicted octanol–water partition coefficient (Wildman–Crippen LogP) is 3.52. The lowest BCUT2D eigenvalue weighted by atomic mass is 10.1. The summed E-state index contributed by atoms with van der Waals surface area (Å²) in [6.45, 7) is 6.98. The van der Waals surface area contributed by atoms with E-state index in [1.54, 1.807) is 18.9 Å². The van der Waals surface area contributed by atoms with E-state index in [0.29, 0.717) is 19.5 Å². The molecular formula is C20H32N2O3. The van der Waals surface area contributed by atoms with Gasteiger partial charge in [0.1, 0.15) is 11.8 Å². The van der Waals surface area contributed by atoms with Crippen molar-refractivity contribution >= 4 is 11.8 Å². The fourth-order valence-corrected chi connectivity index (χ4v) is 2.60. The zero-order valence-electron chi connectivity index (χ0n) is 16.0. The molecule has 5 nitrogen and oxygen atoms in total. The number of amides is 2. The van der Waals surface area contributed by atoms with Crippen LogP contribution in [0.3, 0.4) is 0 Å². The van der Waals surface area contributed by atoms with Crippen LogP contribution >= 0.6 is 0 Å². The third-order valence-corrected chi connectivity index (χ3v) is 4.22. The van der Waals surface area contributed by atoms with Gasteiger partial charge in [0.05, 0.1) is 7.11 Å². The van der Waals surface area contributed by atoms with Crippen molar-refractivity contribution in [3.05, 3.63) is 29.8 Å². The zero-order valence-corrected chi connectivity index (χ0v) is 16.0. The fourth-order valence-electron chi connectivity index (χ4n) is 2.60. The third kappa shape index (κ3) is 7.16. The van der Waals surface area contributed by atoms with Crippen molar-refractivity contribution in [2.45, 2.75) is 65.5 Å². The molecule has 0 heterocycles. The second-order valence-corrected chi connectivity index (χ2v) is 6.29. The molecule has 1 unspecified atom stereocenters. The Kier molecular flexibility index (Phi) is 9.66. The molecule has 1 atom stereocenters. The van der Waals surface area contributed by atoms with Crippen LogP contribution in [0.5, 0.6) is 5.75 Å². The zero-order chi connectivity index (χ0) is 18.7. The highest BCUT2D eigenvalue weighted by atomic mass is 16.5. The highest BCUT2D eigenvalue weighted by Gasteiger charge is 2.25. The summed E-state index contributed by atoms with van der Waals surface area (Å²) in [5.41, 5.74) is 0.982. The number of hydrogen-bond acceptors (Lipinski definition) is 3. The second-order valence-electron chi connectivity index (χ2n) is 6.29. The molecule has 0 aliphatic heterocycles. The topological polar surface area (TPSA) is 58.6 Å². The molecule has 5 heteroatoms. The van der Waals surface area contributed by atoms with Crippen molar-refractivity contribution < 1.29 is 14.3 Å². The molecule has 0 aromatic heterocycles. The lowest BCUT2D eigenvalue weighted by Gasteiger charge is -2.29. The molecule has 0 saturated heterocycles. The van der Waals surface area contributed by atoms with Gasteiger partial charge >= 0.3 is 0 Å². The summed E-state index contributed by atoms with van der Waals surface area (Å²) >= 11 is 0. The number of hydrogen-bond donors (Lipinski definition) is 1. The van der Waals surface area contributed by atoms with Crippen LogP contribution in [-0.2, 0) is 16.1 Å². The highest BCUT2D eigenvalue weighted by Crippen LogP contribution is 2.16. The Morgan fingerprint density at radius 3 is 2.36 bits per heavy atom. The number of benzene rings is 1. The van der Waals surface area contributed by atoms with Crippen LogP contribution in [0.25, 0.3) is 0 Å². The molecule has 1 aromatic rings. The SMILES string of the molecule is CCCCCNC(=O)C(C)N(Cc1ccc(OC)cc1)C(=O)CCC. The van der Waals surface area contributed by atoms with Gasteiger partial charge in [-0.15, -0.1) is 0 Å². The van der Waals surface area contributed by atoms with E-state index in [-0.39, 0.29) is 11.8 Å². The van der Waals surface area contributed by atoms with Gasteiger partial charge in [-0.25, -0.2) is 0 Å². The van der Waals surface area contributed by atoms with Gasteiger partial charge in [0.2, 0.25) is 11.8 Å². The normalized spacial score (nSPS) is 11.7. The van der Waals surface area contributed by atoms with Gasteiger partial charge < -0.3 is 15.0 Å². The number of ether oxygens (including phenoxy) is 1. The smallest absolute Gasteiger partial charge is 0.242 e. The molecule has 1 rings (SSSR count). The molecule has 0 aliphatic carbocycles. The number of unbranched alkanes of at least 4 members (excludes halogenated alkanes) is 2. The molecular weight excluding hydrogens is 316 g/mol. The van der Waals surface area contributed by atoms with Crippen molar-refractivity contribution in [3.8, 4) is 5.75 Å². The average Bonchev–Trinajstić information content (AvgIpc) is 2.63. The van der Waals surface area contributed by atoms with Gasteiger partial charge in [-0.1, -0.05) is 38.8 Å². The van der Waals surface area contributed by atoms with Gasteiger partial charge in [0, 0.05) is 19.5 Å². The van der Waals surface area contributed by atoms with Crippen molar-refractivity contribution in [1.29, 1.82) is 0 Å². The van der Waals surface area contributed by atoms with Crippen LogP contribution in [0, 0.1) is 0 Å². The van der Waals surface area contributed by atoms with Crippen molar-refractivity contribution in [3.63, 3.8) is 0 Å². The van der Waals surface area contributed by atoms with E-state index in [1.165, 1.54) is 0 Å². The first-order valence-electron chi connectivity index (χ1n) is 9.23. The van der Waals surface area contributed by atoms with E-state index < -0.39 is 6.04 Å². The summed E-state index contributed by atoms with van der Waals surface area (Å²) < 4.78 is 5.17. The van der Waals surface area contributed by atoms with Gasteiger partial charge in [0.25, 0.3) is 0 Å². The summed E-state index contributed by atoms with van der Waals surface area (Å²) in [5, 5.41) is 2.95. The van der Waals surface area contributed by atoms with Crippen LogP contribution in [0.2, 0.25) is 0 Å². The Bertz CT molecular complexity index is 528. The van der Waals surface area contributed by atoms with Gasteiger partial charge in [-0.2, -0.15) is 0 Å². The minimum atomic E-state index is -0.484. The van der Waals surface area contributed by atoms with Crippen LogP contribution < -0.4 is 10.1 Å². The highest BCUT2D eigenvalue weighted by molar-refractivity contribution is 5.87. The molecule has 0 saturated carbocycles. The molecule has 1 aromatic carbocycles. The fraction of sp³-hybridized carbons (Fsp3) is 0.600. The van der Waals surface area contributed by atoms with Crippen molar-refractivity contribution in [2.75, 3.05) is 13.7 Å². The maximum Gasteiger partial charge on any atom is 0.242 e. The van der Waals surface area contributed by atoms with E-state index in [2.05, 4.69) is 12.2 Å². The first kappa shape index (κ1) is 21.0. The summed E-state index contributed by atoms with van der Waals surface area (Å²) in [6.07, 6.45) is 4.39. The molecule has 2 amide bonds. The summed E-state index contributed by atoms with van der Waals surface area (Å²) in [5.74, 6) is 0.695. The van der Waals surface area contributed by atoms with E-state index >= 15 is 0 Å². The van der Waals surface area contributed by atoms with Gasteiger partial charge in [0.15, 0.2) is 0 Å². The lowest BCUT2D eigenvalue weighted by molar-refractivity contribution is -0.140. The second kappa shape index (κ2) is 11.5. The quantitative estimate of drug-likeness (QED) is 0.623. The summed E-state index contributed by atoms with van der Waals surface area (Å²) in [6, 6.07) is 7.11. The summed E-state index contributed by atoms with van der Waals surface area (Å²) in [4.78, 5) is 26.6. The first-order valence-corrected chi connectivity index (χ1v) is 9.23. The predicted molar refractivity (Wildman–Crippen MR) is 100 cm³/mol. The molecule has 1 N–H and O–H groups in total. The molecule has 0 spiro atoms. The number of nitrogens with zero attached hydrogens (tertiary/aromatic N) is 1. The number of rotatable bonds is 11. The Morgan fingerprint density at radius 1 is 1.12 bits per heavy atom. The Hall–Kier alpha value is -2.04. The van der Waals surface area contributed by atoms with Crippen molar-refractivity contribution in [1.82, 2.24) is 10.2 Å². The molecule has 0 radical (unpaired) electrons. The van der Waals surface area contributed by atoms with Crippen LogP contribution in [0.4, 0.5) is 0 Å². The number of carbonyl (C=O) groups excluding carboxylic acids is 2. The minimum Gasteiger partial charge on any atom is -0.497 e. The average molecular weight is 348 g/mol. The third-order valence-electron chi connectivity index (χ3n) is 4.22. The number of methoxy groups -OCH3 is 1. The molecule has 0 aliphatic rings. The molecule has 25 heavy (non-hydrogen) atoms. The van der Waals surface area contributed by atoms with E-state index in [0.717, 1.165) is 37.0 Å². The van der Waals surface area contributed by atoms with E-state index in [4.69, 9.17) is 4.74 Å². The lowest BCUT2D eigenvalue weighted by Crippen LogP contribution is -2.47. The monoisotopic (exact) mass is 348 g/mol. The molecule has 0 bridgehead atoms. The van der Waals surface area contributed by atoms with Crippen molar-refractivity contribution in [2.24, 2.45) is 0 Å². The number of carbonyl (C=O) groups is 2. The standard InChI is InChI=1S/C20H32N2O3/c1-5-7-8-14-21-20(24)16(3)22(19(23)9-6-2)15-17-10-12-18(25-4)13-11-17/h10-13,16H,5-9,14-15H2,1-4H3,(H,21,24). The van der Waals surface area contributed by atoms with Crippen LogP contribution in [0.15, 0.2) is 24.3 Å². The van der Waals surface area contributed by atoms with Gasteiger partial charge in [-0.3, -0.25) is 9.59 Å². The first-order chi connectivity index (χ1) is 12.0.